The summed E-state index contributed by atoms with van der Waals surface area (Å²) in [6.45, 7) is 5.38. The number of carbonyl (C=O) groups is 1. The van der Waals surface area contributed by atoms with Gasteiger partial charge >= 0.3 is 46.9 Å². The van der Waals surface area contributed by atoms with Gasteiger partial charge in [-0.1, -0.05) is 6.92 Å². The smallest absolute Gasteiger partial charge is 0.756 e. The summed E-state index contributed by atoms with van der Waals surface area (Å²) in [6.07, 6.45) is -4.83. The fourth-order valence-electron chi connectivity index (χ4n) is 4.53. The number of hydrogen-bond donors (Lipinski definition) is 5. The van der Waals surface area contributed by atoms with Crippen LogP contribution in [0.3, 0.4) is 0 Å². The molecule has 0 fully saturated rings. The second kappa shape index (κ2) is 18.0. The second-order valence-corrected chi connectivity index (χ2v) is 12.1. The number of nitrogens with one attached hydrogen (secondary N) is 1. The second-order valence-electron chi connectivity index (χ2n) is 10.9. The molecule has 0 radical (unpaired) electrons. The third-order valence-electron chi connectivity index (χ3n) is 7.11. The van der Waals surface area contributed by atoms with E-state index in [1.54, 1.807) is 19.1 Å². The van der Waals surface area contributed by atoms with E-state index in [4.69, 9.17) is 9.63 Å². The molecule has 0 aliphatic carbocycles. The fourth-order valence-corrected chi connectivity index (χ4v) is 4.88. The molecule has 2 aliphatic heterocycles. The predicted molar refractivity (Wildman–Crippen MR) is 169 cm³/mol. The number of aromatic nitrogens is 4. The zero-order valence-electron chi connectivity index (χ0n) is 27.8. The summed E-state index contributed by atoms with van der Waals surface area (Å²) < 4.78 is 20.9. The Morgan fingerprint density at radius 2 is 1.63 bits per heavy atom. The molecule has 2 aliphatic rings. The topological polar surface area (TPSA) is 324 Å². The summed E-state index contributed by atoms with van der Waals surface area (Å²) in [6, 6.07) is 5.30. The molecule has 51 heavy (non-hydrogen) atoms. The Bertz CT molecular complexity index is 2070. The van der Waals surface area contributed by atoms with Crippen molar-refractivity contribution in [1.82, 2.24) is 19.5 Å². The Morgan fingerprint density at radius 1 is 1.00 bits per heavy atom. The number of carbonyl (C=O) groups excluding carboxylic acids is 1. The number of esters is 1. The molecule has 2 aromatic rings. The van der Waals surface area contributed by atoms with E-state index < -0.39 is 77.7 Å². The van der Waals surface area contributed by atoms with Crippen LogP contribution < -0.4 is 50.4 Å². The van der Waals surface area contributed by atoms with Gasteiger partial charge in [0.2, 0.25) is 5.75 Å². The molecule has 21 nitrogen and oxygen atoms in total. The van der Waals surface area contributed by atoms with Crippen molar-refractivity contribution in [3.63, 3.8) is 0 Å². The van der Waals surface area contributed by atoms with Crippen molar-refractivity contribution >= 4 is 36.2 Å². The van der Waals surface area contributed by atoms with E-state index in [1.165, 1.54) is 11.5 Å². The minimum absolute atomic E-state index is 0. The van der Waals surface area contributed by atoms with Gasteiger partial charge in [0.05, 0.1) is 40.1 Å². The molecule has 0 spiro atoms. The van der Waals surface area contributed by atoms with Gasteiger partial charge in [-0.3, -0.25) is 39.4 Å². The van der Waals surface area contributed by atoms with E-state index in [-0.39, 0.29) is 58.8 Å². The van der Waals surface area contributed by atoms with Gasteiger partial charge in [-0.15, -0.1) is 0 Å². The minimum atomic E-state index is -5.14. The number of H-pyrrole nitrogens is 1. The van der Waals surface area contributed by atoms with Gasteiger partial charge < -0.3 is 38.9 Å². The number of aryl methyl sites for hydroxylation is 3. The Balaban J connectivity index is 0.000000389. The van der Waals surface area contributed by atoms with E-state index in [0.717, 1.165) is 23.3 Å². The maximum Gasteiger partial charge on any atom is 1.00 e. The predicted octanol–water partition coefficient (Wildman–Crippen LogP) is -2.72. The monoisotopic (exact) mass is 746 g/mol. The quantitative estimate of drug-likeness (QED) is 0.0187. The third-order valence-corrected chi connectivity index (χ3v) is 7.58. The number of benzene rings is 2. The third kappa shape index (κ3) is 11.2. The van der Waals surface area contributed by atoms with Gasteiger partial charge in [-0.05, 0) is 50.5 Å². The maximum atomic E-state index is 12.2. The number of aromatic amines is 1. The Labute approximate surface area is 309 Å². The maximum absolute atomic E-state index is 12.2. The average Bonchev–Trinajstić information content (AvgIpc) is 3.01. The number of non-ortho nitro benzene ring substituents is 1. The molecule has 0 saturated heterocycles. The van der Waals surface area contributed by atoms with Crippen LogP contribution in [-0.4, -0.2) is 80.5 Å². The zero-order valence-corrected chi connectivity index (χ0v) is 30.7. The van der Waals surface area contributed by atoms with Crippen LogP contribution >= 0.6 is 7.82 Å². The minimum Gasteiger partial charge on any atom is -0.756 e. The summed E-state index contributed by atoms with van der Waals surface area (Å²) in [4.78, 5) is 84.6. The molecular weight excluding hydrogens is 714 g/mol. The van der Waals surface area contributed by atoms with E-state index in [9.17, 15) is 59.4 Å². The average molecular weight is 747 g/mol. The first-order valence-electron chi connectivity index (χ1n) is 14.5. The summed E-state index contributed by atoms with van der Waals surface area (Å²) in [5.74, 6) is -1.00. The molecule has 0 amide bonds. The fraction of sp³-hybridized carbons (Fsp3) is 0.393. The number of nitro groups is 2. The molecule has 0 bridgehead atoms. The SMILES string of the molecule is CCCC(=O)Oc1c(C)cc([N+](=O)[O-])cc1[N+](=O)[O-].Cc1cc2nc3c(=O)[nH]c(=O)nc-3n(C[C@H](O)[C@H](O)[C@H](O)COP(=O)([O-])O)c2cc1C.[Na+]. The molecule has 23 heteroatoms. The van der Waals surface area contributed by atoms with Gasteiger partial charge in [0.1, 0.15) is 18.3 Å². The van der Waals surface area contributed by atoms with Crippen LogP contribution in [0.2, 0.25) is 0 Å². The molecule has 4 atom stereocenters. The Hall–Kier alpha value is -4.02. The number of ether oxygens (including phenoxy) is 1. The first-order valence-corrected chi connectivity index (χ1v) is 16.0. The molecule has 2 heterocycles. The first kappa shape index (κ1) is 43.1. The van der Waals surface area contributed by atoms with E-state index in [1.807, 2.05) is 18.8 Å². The number of aliphatic hydroxyl groups excluding tert-OH is 3. The molecule has 270 valence electrons. The van der Waals surface area contributed by atoms with Gasteiger partial charge in [0.15, 0.2) is 11.5 Å². The largest absolute Gasteiger partial charge is 1.00 e. The number of nitro benzene ring substituents is 2. The van der Waals surface area contributed by atoms with Gasteiger partial charge in [0, 0.05) is 18.1 Å². The standard InChI is InChI=1S/C17H21N4O9P.C11H12N2O6.Na/c1-7-3-9-10(4-8(7)2)21(15-13(18-9)16(25)20-17(26)19-15)5-11(22)14(24)12(23)6-30-31(27,28)29;1-3-4-10(14)19-11-7(2)5-8(12(15)16)6-9(11)13(17)18;/h3-4,11-12,14,22-24H,5-6H2,1-2H3,(H,20,25,26)(H2,27,28,29);5-6H,3-4H2,1-2H3;/q;;+1/p-1/t11-,12+,14-;;/m0../s1. The van der Waals surface area contributed by atoms with Crippen LogP contribution in [0.4, 0.5) is 11.4 Å². The van der Waals surface area contributed by atoms with Crippen molar-refractivity contribution < 1.29 is 83.1 Å². The van der Waals surface area contributed by atoms with Crippen molar-refractivity contribution in [2.45, 2.75) is 65.4 Å². The van der Waals surface area contributed by atoms with Crippen molar-refractivity contribution in [1.29, 1.82) is 0 Å². The molecule has 5 N–H and O–H groups in total. The van der Waals surface area contributed by atoms with Crippen molar-refractivity contribution in [2.24, 2.45) is 0 Å². The van der Waals surface area contributed by atoms with Crippen LogP contribution in [0.15, 0.2) is 33.9 Å². The van der Waals surface area contributed by atoms with Crippen molar-refractivity contribution in [3.05, 3.63) is 82.0 Å². The summed E-state index contributed by atoms with van der Waals surface area (Å²) >= 11 is 0. The van der Waals surface area contributed by atoms with E-state index in [0.29, 0.717) is 17.5 Å². The van der Waals surface area contributed by atoms with Crippen LogP contribution in [0.25, 0.3) is 22.6 Å². The number of hydrogen-bond acceptors (Lipinski definition) is 16. The van der Waals surface area contributed by atoms with Gasteiger partial charge in [-0.2, -0.15) is 4.98 Å². The summed E-state index contributed by atoms with van der Waals surface area (Å²) in [5, 5.41) is 52.0. The van der Waals surface area contributed by atoms with Crippen LogP contribution in [0, 0.1) is 41.0 Å². The Kier molecular flexibility index (Phi) is 15.2. The number of rotatable bonds is 12. The van der Waals surface area contributed by atoms with Crippen LogP contribution in [0.1, 0.15) is 36.5 Å². The molecule has 4 rings (SSSR count). The molecule has 2 aromatic carbocycles. The normalized spacial score (nSPS) is 14.0. The van der Waals surface area contributed by atoms with Crippen LogP contribution in [0.5, 0.6) is 5.75 Å². The number of aliphatic hydroxyl groups is 3. The van der Waals surface area contributed by atoms with E-state index in [2.05, 4.69) is 14.5 Å². The molecule has 1 unspecified atom stereocenters. The van der Waals surface area contributed by atoms with Gasteiger partial charge in [-0.25, -0.2) is 9.78 Å². The van der Waals surface area contributed by atoms with Gasteiger partial charge in [0.25, 0.3) is 19.1 Å². The molecule has 0 saturated carbocycles. The first-order chi connectivity index (χ1) is 23.2. The Morgan fingerprint density at radius 3 is 2.20 bits per heavy atom. The number of nitrogens with zero attached hydrogens (tertiary/aromatic N) is 5. The summed E-state index contributed by atoms with van der Waals surface area (Å²) in [7, 11) is -5.14. The number of fused-ring (bicyclic) bond motifs is 2. The number of phosphoric ester groups is 1. The molecule has 0 aromatic heterocycles. The van der Waals surface area contributed by atoms with Crippen molar-refractivity contribution in [2.75, 3.05) is 6.61 Å². The molecular formula is C28H32N6NaO15P. The van der Waals surface area contributed by atoms with E-state index >= 15 is 0 Å². The zero-order chi connectivity index (χ0) is 37.7. The number of phosphoric acid groups is 1. The summed E-state index contributed by atoms with van der Waals surface area (Å²) in [5.41, 5.74) is -0.267. The van der Waals surface area contributed by atoms with Crippen LogP contribution in [-0.2, 0) is 20.4 Å². The van der Waals surface area contributed by atoms with Crippen molar-refractivity contribution in [3.8, 4) is 17.3 Å².